The lowest BCUT2D eigenvalue weighted by molar-refractivity contribution is -0.137. The first-order valence-electron chi connectivity index (χ1n) is 13.2. The van der Waals surface area contributed by atoms with Crippen molar-refractivity contribution in [1.82, 2.24) is 5.32 Å². The smallest absolute Gasteiger partial charge is 0.303 e. The summed E-state index contributed by atoms with van der Waals surface area (Å²) in [6, 6.07) is 12.6. The molecule has 2 rings (SSSR count). The van der Waals surface area contributed by atoms with Crippen molar-refractivity contribution < 1.29 is 19.8 Å². The third-order valence-electron chi connectivity index (χ3n) is 7.70. The van der Waals surface area contributed by atoms with Gasteiger partial charge in [-0.25, -0.2) is 0 Å². The van der Waals surface area contributed by atoms with E-state index in [1.165, 1.54) is 16.7 Å². The molecule has 0 atom stereocenters. The first-order valence-corrected chi connectivity index (χ1v) is 13.2. The Labute approximate surface area is 216 Å². The van der Waals surface area contributed by atoms with Gasteiger partial charge in [0, 0.05) is 23.9 Å². The lowest BCUT2D eigenvalue weighted by Gasteiger charge is -2.34. The van der Waals surface area contributed by atoms with Crippen molar-refractivity contribution in [3.8, 4) is 0 Å². The van der Waals surface area contributed by atoms with Gasteiger partial charge in [-0.1, -0.05) is 70.2 Å². The van der Waals surface area contributed by atoms with Crippen molar-refractivity contribution in [2.24, 2.45) is 0 Å². The lowest BCUT2D eigenvalue weighted by atomic mass is 9.69. The van der Waals surface area contributed by atoms with Crippen LogP contribution in [0.2, 0.25) is 0 Å². The Morgan fingerprint density at radius 2 is 1.47 bits per heavy atom. The van der Waals surface area contributed by atoms with Crippen LogP contribution in [0.3, 0.4) is 0 Å². The molecule has 0 aromatic heterocycles. The molecular formula is C31H43NO4. The molecule has 2 aromatic carbocycles. The van der Waals surface area contributed by atoms with Crippen LogP contribution in [0, 0.1) is 13.8 Å². The molecule has 0 saturated heterocycles. The van der Waals surface area contributed by atoms with Crippen LogP contribution in [0.15, 0.2) is 42.5 Å². The molecule has 2 aromatic rings. The predicted molar refractivity (Wildman–Crippen MR) is 147 cm³/mol. The molecule has 0 radical (unpaired) electrons. The standard InChI is InChI=1S/C31H43NO4/c1-7-30(36,8-2)18-17-24-13-14-25(20-22(24)5)31(9-3,10-4)26-15-16-27(23(6)21-26)29(35)32-19-11-12-28(33)34/h13-18,20-21,36H,7-12,19H2,1-6H3,(H,32,35)(H,33,34)/b18-17+. The van der Waals surface area contributed by atoms with E-state index in [1.807, 2.05) is 39.0 Å². The minimum atomic E-state index is -0.858. The highest BCUT2D eigenvalue weighted by Gasteiger charge is 2.31. The highest BCUT2D eigenvalue weighted by molar-refractivity contribution is 5.95. The topological polar surface area (TPSA) is 86.6 Å². The molecule has 0 heterocycles. The third kappa shape index (κ3) is 6.85. The molecule has 0 aliphatic heterocycles. The average Bonchev–Trinajstić information content (AvgIpc) is 2.86. The van der Waals surface area contributed by atoms with Crippen LogP contribution in [0.5, 0.6) is 0 Å². The lowest BCUT2D eigenvalue weighted by Crippen LogP contribution is -2.28. The van der Waals surface area contributed by atoms with Crippen molar-refractivity contribution in [3.05, 3.63) is 75.9 Å². The van der Waals surface area contributed by atoms with Gasteiger partial charge in [0.1, 0.15) is 0 Å². The Kier molecular flexibility index (Phi) is 10.5. The second-order valence-corrected chi connectivity index (χ2v) is 9.79. The van der Waals surface area contributed by atoms with E-state index >= 15 is 0 Å². The number of amides is 1. The number of aryl methyl sites for hydroxylation is 2. The summed E-state index contributed by atoms with van der Waals surface area (Å²) in [6.45, 7) is 12.8. The first-order chi connectivity index (χ1) is 17.1. The fourth-order valence-corrected chi connectivity index (χ4v) is 4.88. The number of nitrogens with one attached hydrogen (secondary N) is 1. The SMILES string of the molecule is CCC(O)(/C=C/c1ccc(C(CC)(CC)c2ccc(C(=O)NCCCC(=O)O)c(C)c2)cc1C)CC. The van der Waals surface area contributed by atoms with Gasteiger partial charge in [-0.15, -0.1) is 0 Å². The van der Waals surface area contributed by atoms with Crippen molar-refractivity contribution in [2.75, 3.05) is 6.54 Å². The first kappa shape index (κ1) is 29.3. The van der Waals surface area contributed by atoms with Crippen molar-refractivity contribution in [1.29, 1.82) is 0 Å². The molecule has 36 heavy (non-hydrogen) atoms. The minimum absolute atomic E-state index is 0.0415. The van der Waals surface area contributed by atoms with E-state index in [1.54, 1.807) is 0 Å². The molecule has 0 unspecified atom stereocenters. The van der Waals surface area contributed by atoms with Crippen LogP contribution >= 0.6 is 0 Å². The van der Waals surface area contributed by atoms with Gasteiger partial charge >= 0.3 is 5.97 Å². The summed E-state index contributed by atoms with van der Waals surface area (Å²) >= 11 is 0. The summed E-state index contributed by atoms with van der Waals surface area (Å²) in [6.07, 6.45) is 7.60. The summed E-state index contributed by atoms with van der Waals surface area (Å²) in [7, 11) is 0. The Balaban J connectivity index is 2.34. The molecule has 0 aliphatic carbocycles. The molecule has 5 nitrogen and oxygen atoms in total. The maximum Gasteiger partial charge on any atom is 0.303 e. The Hall–Kier alpha value is -2.92. The van der Waals surface area contributed by atoms with Crippen LogP contribution in [0.25, 0.3) is 6.08 Å². The van der Waals surface area contributed by atoms with Gasteiger partial charge in [0.15, 0.2) is 0 Å². The second-order valence-electron chi connectivity index (χ2n) is 9.79. The summed E-state index contributed by atoms with van der Waals surface area (Å²) in [5.74, 6) is -1.03. The van der Waals surface area contributed by atoms with Crippen LogP contribution in [-0.4, -0.2) is 34.2 Å². The zero-order chi connectivity index (χ0) is 26.9. The van der Waals surface area contributed by atoms with E-state index in [0.29, 0.717) is 31.4 Å². The van der Waals surface area contributed by atoms with Gasteiger partial charge in [0.05, 0.1) is 5.60 Å². The number of carboxylic acid groups (broad SMARTS) is 1. The molecule has 196 valence electrons. The van der Waals surface area contributed by atoms with E-state index < -0.39 is 11.6 Å². The molecule has 5 heteroatoms. The summed E-state index contributed by atoms with van der Waals surface area (Å²) in [5, 5.41) is 22.2. The summed E-state index contributed by atoms with van der Waals surface area (Å²) in [5.41, 5.74) is 5.26. The predicted octanol–water partition coefficient (Wildman–Crippen LogP) is 6.57. The number of hydrogen-bond donors (Lipinski definition) is 3. The van der Waals surface area contributed by atoms with Gasteiger partial charge in [-0.2, -0.15) is 0 Å². The van der Waals surface area contributed by atoms with Crippen LogP contribution in [0.4, 0.5) is 0 Å². The van der Waals surface area contributed by atoms with Crippen LogP contribution in [-0.2, 0) is 10.2 Å². The fourth-order valence-electron chi connectivity index (χ4n) is 4.88. The fraction of sp³-hybridized carbons (Fsp3) is 0.484. The van der Waals surface area contributed by atoms with Crippen molar-refractivity contribution >= 4 is 18.0 Å². The van der Waals surface area contributed by atoms with E-state index in [-0.39, 0.29) is 17.7 Å². The van der Waals surface area contributed by atoms with Crippen LogP contribution < -0.4 is 5.32 Å². The van der Waals surface area contributed by atoms with Gasteiger partial charge in [-0.05, 0) is 79.8 Å². The van der Waals surface area contributed by atoms with Gasteiger partial charge < -0.3 is 15.5 Å². The summed E-state index contributed by atoms with van der Waals surface area (Å²) < 4.78 is 0. The largest absolute Gasteiger partial charge is 0.481 e. The molecule has 0 fully saturated rings. The van der Waals surface area contributed by atoms with E-state index in [4.69, 9.17) is 5.11 Å². The highest BCUT2D eigenvalue weighted by Crippen LogP contribution is 2.40. The van der Waals surface area contributed by atoms with Gasteiger partial charge in [-0.3, -0.25) is 9.59 Å². The molecule has 3 N–H and O–H groups in total. The Bertz CT molecular complexity index is 1080. The van der Waals surface area contributed by atoms with Crippen molar-refractivity contribution in [2.45, 2.75) is 91.1 Å². The van der Waals surface area contributed by atoms with Crippen LogP contribution in [0.1, 0.15) is 104 Å². The number of benzene rings is 2. The molecular weight excluding hydrogens is 450 g/mol. The number of carbonyl (C=O) groups excluding carboxylic acids is 1. The molecule has 0 saturated carbocycles. The monoisotopic (exact) mass is 493 g/mol. The number of carbonyl (C=O) groups is 2. The Morgan fingerprint density at radius 3 is 1.97 bits per heavy atom. The molecule has 0 bridgehead atoms. The number of hydrogen-bond acceptors (Lipinski definition) is 3. The van der Waals surface area contributed by atoms with Crippen molar-refractivity contribution in [3.63, 3.8) is 0 Å². The molecule has 0 spiro atoms. The van der Waals surface area contributed by atoms with Gasteiger partial charge in [0.2, 0.25) is 0 Å². The normalized spacial score (nSPS) is 12.2. The minimum Gasteiger partial charge on any atom is -0.481 e. The maximum atomic E-state index is 12.7. The van der Waals surface area contributed by atoms with E-state index in [9.17, 15) is 14.7 Å². The maximum absolute atomic E-state index is 12.7. The number of aliphatic hydroxyl groups is 1. The highest BCUT2D eigenvalue weighted by atomic mass is 16.4. The third-order valence-corrected chi connectivity index (χ3v) is 7.70. The zero-order valence-electron chi connectivity index (χ0n) is 22.8. The Morgan fingerprint density at radius 1 is 0.889 bits per heavy atom. The average molecular weight is 494 g/mol. The number of carboxylic acids is 1. The number of rotatable bonds is 13. The summed E-state index contributed by atoms with van der Waals surface area (Å²) in [4.78, 5) is 23.3. The van der Waals surface area contributed by atoms with E-state index in [2.05, 4.69) is 56.4 Å². The van der Waals surface area contributed by atoms with E-state index in [0.717, 1.165) is 24.0 Å². The molecule has 0 aliphatic rings. The quantitative estimate of drug-likeness (QED) is 0.276. The second kappa shape index (κ2) is 12.9. The zero-order valence-corrected chi connectivity index (χ0v) is 22.8. The molecule has 1 amide bonds. The van der Waals surface area contributed by atoms with Gasteiger partial charge in [0.25, 0.3) is 5.91 Å². The number of aliphatic carboxylic acids is 1.